The summed E-state index contributed by atoms with van der Waals surface area (Å²) in [6.45, 7) is 0.0524. The lowest BCUT2D eigenvalue weighted by atomic mass is 9.92. The fourth-order valence-electron chi connectivity index (χ4n) is 3.82. The molecule has 2 aliphatic heterocycles. The summed E-state index contributed by atoms with van der Waals surface area (Å²) in [5.74, 6) is 2.14. The van der Waals surface area contributed by atoms with E-state index in [1.807, 2.05) is 36.4 Å². The number of esters is 1. The maximum absolute atomic E-state index is 12.9. The fourth-order valence-corrected chi connectivity index (χ4v) is 3.82. The zero-order valence-corrected chi connectivity index (χ0v) is 18.3. The molecular formula is C24H24O8. The van der Waals surface area contributed by atoms with Gasteiger partial charge in [-0.1, -0.05) is 12.1 Å². The van der Waals surface area contributed by atoms with E-state index < -0.39 is 12.1 Å². The first-order valence-corrected chi connectivity index (χ1v) is 9.91. The van der Waals surface area contributed by atoms with Crippen molar-refractivity contribution in [1.82, 2.24) is 0 Å². The monoisotopic (exact) mass is 440 g/mol. The second-order valence-electron chi connectivity index (χ2n) is 7.08. The van der Waals surface area contributed by atoms with Crippen molar-refractivity contribution < 1.29 is 38.0 Å². The van der Waals surface area contributed by atoms with E-state index >= 15 is 0 Å². The standard InChI is InChI=1S/C24H24O8/c1-26-16-7-5-15(6-8-16)22-17(21(24(25)32-22)20-12-30-13-31-20)9-14-10-18(27-2)23(29-4)19(11-14)28-3/h5-8,10-12,22H,9,13H2,1-4H3. The zero-order chi connectivity index (χ0) is 22.7. The van der Waals surface area contributed by atoms with Crippen molar-refractivity contribution in [1.29, 1.82) is 0 Å². The predicted molar refractivity (Wildman–Crippen MR) is 114 cm³/mol. The lowest BCUT2D eigenvalue weighted by molar-refractivity contribution is -0.140. The summed E-state index contributed by atoms with van der Waals surface area (Å²) in [6, 6.07) is 11.1. The van der Waals surface area contributed by atoms with Gasteiger partial charge in [0.1, 0.15) is 23.7 Å². The molecule has 1 atom stereocenters. The van der Waals surface area contributed by atoms with Gasteiger partial charge in [0.05, 0.1) is 28.4 Å². The van der Waals surface area contributed by atoms with Gasteiger partial charge in [0, 0.05) is 0 Å². The van der Waals surface area contributed by atoms with Crippen LogP contribution >= 0.6 is 0 Å². The minimum Gasteiger partial charge on any atom is -0.497 e. The van der Waals surface area contributed by atoms with Crippen molar-refractivity contribution in [2.24, 2.45) is 0 Å². The van der Waals surface area contributed by atoms with E-state index in [1.54, 1.807) is 28.4 Å². The molecule has 0 radical (unpaired) electrons. The number of carbonyl (C=O) groups excluding carboxylic acids is 1. The first kappa shape index (κ1) is 21.4. The molecule has 0 saturated carbocycles. The molecule has 0 spiro atoms. The van der Waals surface area contributed by atoms with Crippen molar-refractivity contribution in [3.8, 4) is 23.0 Å². The average molecular weight is 440 g/mol. The van der Waals surface area contributed by atoms with Gasteiger partial charge >= 0.3 is 5.97 Å². The Morgan fingerprint density at radius 1 is 0.938 bits per heavy atom. The predicted octanol–water partition coefficient (Wildman–Crippen LogP) is 3.70. The van der Waals surface area contributed by atoms with Gasteiger partial charge in [-0.2, -0.15) is 0 Å². The number of rotatable bonds is 8. The van der Waals surface area contributed by atoms with Gasteiger partial charge in [-0.15, -0.1) is 0 Å². The summed E-state index contributed by atoms with van der Waals surface area (Å²) in [4.78, 5) is 12.9. The highest BCUT2D eigenvalue weighted by molar-refractivity contribution is 5.96. The zero-order valence-electron chi connectivity index (χ0n) is 18.3. The van der Waals surface area contributed by atoms with Crippen LogP contribution in [0.1, 0.15) is 17.2 Å². The first-order chi connectivity index (χ1) is 15.6. The minimum absolute atomic E-state index is 0.0524. The molecule has 0 aliphatic carbocycles. The van der Waals surface area contributed by atoms with E-state index in [0.717, 1.165) is 16.7 Å². The normalized spacial score (nSPS) is 17.3. The molecule has 0 N–H and O–H groups in total. The van der Waals surface area contributed by atoms with Crippen LogP contribution in [-0.4, -0.2) is 41.2 Å². The van der Waals surface area contributed by atoms with Crippen LogP contribution in [0.15, 0.2) is 59.6 Å². The second kappa shape index (κ2) is 9.13. The van der Waals surface area contributed by atoms with Crippen molar-refractivity contribution in [3.63, 3.8) is 0 Å². The minimum atomic E-state index is -0.590. The Hall–Kier alpha value is -3.81. The number of hydrogen-bond acceptors (Lipinski definition) is 8. The highest BCUT2D eigenvalue weighted by Crippen LogP contribution is 2.44. The molecule has 0 fully saturated rings. The van der Waals surface area contributed by atoms with E-state index in [-0.39, 0.29) is 6.79 Å². The van der Waals surface area contributed by atoms with Gasteiger partial charge in [0.2, 0.25) is 12.5 Å². The summed E-state index contributed by atoms with van der Waals surface area (Å²) in [6.07, 6.45) is 1.23. The van der Waals surface area contributed by atoms with Crippen LogP contribution in [0.25, 0.3) is 0 Å². The van der Waals surface area contributed by atoms with Crippen LogP contribution in [0.5, 0.6) is 23.0 Å². The molecule has 4 rings (SSSR count). The van der Waals surface area contributed by atoms with Gasteiger partial charge in [0.25, 0.3) is 0 Å². The lowest BCUT2D eigenvalue weighted by Crippen LogP contribution is -2.05. The molecule has 2 heterocycles. The number of ether oxygens (including phenoxy) is 7. The van der Waals surface area contributed by atoms with E-state index in [0.29, 0.717) is 40.8 Å². The molecular weight excluding hydrogens is 416 g/mol. The largest absolute Gasteiger partial charge is 0.497 e. The molecule has 32 heavy (non-hydrogen) atoms. The van der Waals surface area contributed by atoms with E-state index in [9.17, 15) is 4.79 Å². The van der Waals surface area contributed by atoms with Gasteiger partial charge in [0.15, 0.2) is 17.3 Å². The number of methoxy groups -OCH3 is 4. The highest BCUT2D eigenvalue weighted by Gasteiger charge is 2.39. The van der Waals surface area contributed by atoms with Crippen LogP contribution in [0.3, 0.4) is 0 Å². The SMILES string of the molecule is COc1ccc(C2OC(=O)C(C3=COCO3)=C2Cc2cc(OC)c(OC)c(OC)c2)cc1. The molecule has 8 nitrogen and oxygen atoms in total. The van der Waals surface area contributed by atoms with E-state index in [2.05, 4.69) is 0 Å². The maximum atomic E-state index is 12.9. The van der Waals surface area contributed by atoms with Crippen molar-refractivity contribution in [2.45, 2.75) is 12.5 Å². The Balaban J connectivity index is 1.79. The number of carbonyl (C=O) groups is 1. The summed E-state index contributed by atoms with van der Waals surface area (Å²) in [5, 5.41) is 0. The van der Waals surface area contributed by atoms with Crippen LogP contribution in [0.4, 0.5) is 0 Å². The smallest absolute Gasteiger partial charge is 0.343 e. The van der Waals surface area contributed by atoms with Crippen molar-refractivity contribution in [2.75, 3.05) is 35.2 Å². The quantitative estimate of drug-likeness (QED) is 0.575. The molecule has 0 saturated heterocycles. The van der Waals surface area contributed by atoms with E-state index in [4.69, 9.17) is 33.2 Å². The van der Waals surface area contributed by atoms with Gasteiger partial charge in [-0.25, -0.2) is 4.79 Å². The molecule has 2 aliphatic rings. The third-order valence-corrected chi connectivity index (χ3v) is 5.32. The topological polar surface area (TPSA) is 81.7 Å². The molecule has 2 aromatic rings. The number of benzene rings is 2. The summed E-state index contributed by atoms with van der Waals surface area (Å²) < 4.78 is 38.1. The molecule has 2 aromatic carbocycles. The molecule has 168 valence electrons. The Bertz CT molecular complexity index is 1040. The Morgan fingerprint density at radius 2 is 1.62 bits per heavy atom. The molecule has 1 unspecified atom stereocenters. The Labute approximate surface area is 185 Å². The van der Waals surface area contributed by atoms with Crippen LogP contribution in [0.2, 0.25) is 0 Å². The summed E-state index contributed by atoms with van der Waals surface area (Å²) >= 11 is 0. The van der Waals surface area contributed by atoms with Gasteiger partial charge in [-0.3, -0.25) is 0 Å². The van der Waals surface area contributed by atoms with E-state index in [1.165, 1.54) is 6.26 Å². The maximum Gasteiger partial charge on any atom is 0.343 e. The molecule has 0 aromatic heterocycles. The van der Waals surface area contributed by atoms with Crippen molar-refractivity contribution in [3.05, 3.63) is 70.7 Å². The van der Waals surface area contributed by atoms with Crippen LogP contribution in [-0.2, 0) is 25.4 Å². The van der Waals surface area contributed by atoms with Crippen LogP contribution < -0.4 is 18.9 Å². The number of hydrogen-bond donors (Lipinski definition) is 0. The molecule has 0 amide bonds. The fraction of sp³-hybridized carbons (Fsp3) is 0.292. The highest BCUT2D eigenvalue weighted by atomic mass is 16.7. The Kier molecular flexibility index (Phi) is 6.11. The molecule has 0 bridgehead atoms. The first-order valence-electron chi connectivity index (χ1n) is 9.91. The third kappa shape index (κ3) is 3.91. The summed E-state index contributed by atoms with van der Waals surface area (Å²) in [5.41, 5.74) is 2.77. The van der Waals surface area contributed by atoms with Crippen molar-refractivity contribution >= 4 is 5.97 Å². The van der Waals surface area contributed by atoms with Gasteiger partial charge in [-0.05, 0) is 47.4 Å². The third-order valence-electron chi connectivity index (χ3n) is 5.32. The molecule has 8 heteroatoms. The van der Waals surface area contributed by atoms with Crippen LogP contribution in [0, 0.1) is 0 Å². The lowest BCUT2D eigenvalue weighted by Gasteiger charge is -2.18. The average Bonchev–Trinajstić information content (AvgIpc) is 3.46. The number of cyclic esters (lactones) is 1. The second-order valence-corrected chi connectivity index (χ2v) is 7.08. The summed E-state index contributed by atoms with van der Waals surface area (Å²) in [7, 11) is 6.27. The van der Waals surface area contributed by atoms with Gasteiger partial charge < -0.3 is 33.2 Å². The Morgan fingerprint density at radius 3 is 2.16 bits per heavy atom.